The molecule has 1 aromatic rings. The van der Waals surface area contributed by atoms with Crippen molar-refractivity contribution in [1.29, 1.82) is 0 Å². The van der Waals surface area contributed by atoms with Crippen LogP contribution in [0.3, 0.4) is 0 Å². The van der Waals surface area contributed by atoms with E-state index < -0.39 is 5.54 Å². The van der Waals surface area contributed by atoms with Crippen LogP contribution in [0.4, 0.5) is 0 Å². The van der Waals surface area contributed by atoms with E-state index in [-0.39, 0.29) is 18.4 Å². The van der Waals surface area contributed by atoms with Crippen molar-refractivity contribution in [2.24, 2.45) is 0 Å². The SMILES string of the molecule is CCC1(C)NC(=O)CN(Cc2ccsc2)C1=O. The number of rotatable bonds is 3. The van der Waals surface area contributed by atoms with Gasteiger partial charge in [0.05, 0.1) is 6.54 Å². The first-order valence-electron chi connectivity index (χ1n) is 5.66. The van der Waals surface area contributed by atoms with Crippen molar-refractivity contribution in [2.75, 3.05) is 6.54 Å². The van der Waals surface area contributed by atoms with Crippen molar-refractivity contribution < 1.29 is 9.59 Å². The largest absolute Gasteiger partial charge is 0.340 e. The summed E-state index contributed by atoms with van der Waals surface area (Å²) in [6, 6.07) is 1.98. The van der Waals surface area contributed by atoms with Crippen molar-refractivity contribution in [2.45, 2.75) is 32.4 Å². The van der Waals surface area contributed by atoms with Gasteiger partial charge < -0.3 is 10.2 Å². The van der Waals surface area contributed by atoms with E-state index in [1.54, 1.807) is 23.2 Å². The van der Waals surface area contributed by atoms with Crippen LogP contribution in [0.15, 0.2) is 16.8 Å². The summed E-state index contributed by atoms with van der Waals surface area (Å²) in [4.78, 5) is 25.5. The molecule has 4 nitrogen and oxygen atoms in total. The highest BCUT2D eigenvalue weighted by molar-refractivity contribution is 7.07. The number of carbonyl (C=O) groups excluding carboxylic acids is 2. The van der Waals surface area contributed by atoms with Crippen LogP contribution < -0.4 is 5.32 Å². The third-order valence-electron chi connectivity index (χ3n) is 3.17. The molecule has 1 fully saturated rings. The highest BCUT2D eigenvalue weighted by Gasteiger charge is 2.41. The highest BCUT2D eigenvalue weighted by atomic mass is 32.1. The molecular formula is C12H16N2O2S. The normalized spacial score (nSPS) is 24.9. The van der Waals surface area contributed by atoms with Crippen LogP contribution >= 0.6 is 11.3 Å². The second-order valence-electron chi connectivity index (χ2n) is 4.53. The molecule has 0 spiro atoms. The summed E-state index contributed by atoms with van der Waals surface area (Å²) in [6.45, 7) is 4.37. The van der Waals surface area contributed by atoms with E-state index in [2.05, 4.69) is 5.32 Å². The molecule has 1 saturated heterocycles. The van der Waals surface area contributed by atoms with Gasteiger partial charge in [-0.1, -0.05) is 6.92 Å². The molecule has 0 aromatic carbocycles. The van der Waals surface area contributed by atoms with E-state index >= 15 is 0 Å². The fourth-order valence-electron chi connectivity index (χ4n) is 1.97. The van der Waals surface area contributed by atoms with Crippen molar-refractivity contribution >= 4 is 23.2 Å². The molecule has 1 aromatic heterocycles. The number of nitrogens with zero attached hydrogens (tertiary/aromatic N) is 1. The number of nitrogens with one attached hydrogen (secondary N) is 1. The van der Waals surface area contributed by atoms with Crippen LogP contribution in [-0.4, -0.2) is 28.8 Å². The molecule has 1 unspecified atom stereocenters. The van der Waals surface area contributed by atoms with E-state index in [0.29, 0.717) is 13.0 Å². The van der Waals surface area contributed by atoms with Crippen molar-refractivity contribution in [3.63, 3.8) is 0 Å². The summed E-state index contributed by atoms with van der Waals surface area (Å²) in [5, 5.41) is 6.75. The molecule has 2 amide bonds. The van der Waals surface area contributed by atoms with Gasteiger partial charge in [0.2, 0.25) is 11.8 Å². The smallest absolute Gasteiger partial charge is 0.248 e. The van der Waals surface area contributed by atoms with Gasteiger partial charge in [-0.3, -0.25) is 9.59 Å². The Bertz CT molecular complexity index is 430. The molecule has 17 heavy (non-hydrogen) atoms. The first kappa shape index (κ1) is 12.1. The number of thiophene rings is 1. The van der Waals surface area contributed by atoms with Gasteiger partial charge in [0.15, 0.2) is 0 Å². The van der Waals surface area contributed by atoms with E-state index in [4.69, 9.17) is 0 Å². The number of hydrogen-bond donors (Lipinski definition) is 1. The minimum absolute atomic E-state index is 0.00537. The summed E-state index contributed by atoms with van der Waals surface area (Å²) >= 11 is 1.60. The lowest BCUT2D eigenvalue weighted by Crippen LogP contribution is -2.64. The Labute approximate surface area is 105 Å². The van der Waals surface area contributed by atoms with Crippen LogP contribution in [-0.2, 0) is 16.1 Å². The van der Waals surface area contributed by atoms with Crippen molar-refractivity contribution in [3.8, 4) is 0 Å². The molecule has 0 aliphatic carbocycles. The zero-order chi connectivity index (χ0) is 12.5. The van der Waals surface area contributed by atoms with Crippen molar-refractivity contribution in [3.05, 3.63) is 22.4 Å². The van der Waals surface area contributed by atoms with E-state index in [9.17, 15) is 9.59 Å². The van der Waals surface area contributed by atoms with E-state index in [1.165, 1.54) is 0 Å². The molecule has 1 atom stereocenters. The Hall–Kier alpha value is -1.36. The predicted molar refractivity (Wildman–Crippen MR) is 66.6 cm³/mol. The van der Waals surface area contributed by atoms with E-state index in [0.717, 1.165) is 5.56 Å². The number of piperazine rings is 1. The van der Waals surface area contributed by atoms with Gasteiger partial charge in [-0.15, -0.1) is 0 Å². The summed E-state index contributed by atoms with van der Waals surface area (Å²) in [5.41, 5.74) is 0.335. The standard InChI is InChI=1S/C12H16N2O2S/c1-3-12(2)11(16)14(7-10(15)13-12)6-9-4-5-17-8-9/h4-5,8H,3,6-7H2,1-2H3,(H,13,15). The summed E-state index contributed by atoms with van der Waals surface area (Å²) < 4.78 is 0. The maximum absolute atomic E-state index is 12.3. The third kappa shape index (κ3) is 2.34. The molecular weight excluding hydrogens is 236 g/mol. The van der Waals surface area contributed by atoms with Gasteiger partial charge in [0.1, 0.15) is 5.54 Å². The fourth-order valence-corrected chi connectivity index (χ4v) is 2.62. The van der Waals surface area contributed by atoms with Crippen LogP contribution in [0, 0.1) is 0 Å². The maximum Gasteiger partial charge on any atom is 0.248 e. The quantitative estimate of drug-likeness (QED) is 0.883. The lowest BCUT2D eigenvalue weighted by Gasteiger charge is -2.39. The number of amides is 2. The summed E-state index contributed by atoms with van der Waals surface area (Å²) in [6.07, 6.45) is 0.609. The Morgan fingerprint density at radius 2 is 2.29 bits per heavy atom. The molecule has 1 aliphatic heterocycles. The van der Waals surface area contributed by atoms with E-state index in [1.807, 2.05) is 23.8 Å². The molecule has 92 valence electrons. The monoisotopic (exact) mass is 252 g/mol. The second-order valence-corrected chi connectivity index (χ2v) is 5.31. The van der Waals surface area contributed by atoms with Crippen LogP contribution in [0.5, 0.6) is 0 Å². The first-order valence-corrected chi connectivity index (χ1v) is 6.61. The molecule has 2 heterocycles. The molecule has 0 radical (unpaired) electrons. The van der Waals surface area contributed by atoms with Gasteiger partial charge in [-0.2, -0.15) is 11.3 Å². The molecule has 0 bridgehead atoms. The Morgan fingerprint density at radius 1 is 1.53 bits per heavy atom. The summed E-state index contributed by atoms with van der Waals surface area (Å²) in [7, 11) is 0. The Balaban J connectivity index is 2.16. The molecule has 1 N–H and O–H groups in total. The minimum atomic E-state index is -0.745. The average molecular weight is 252 g/mol. The Kier molecular flexibility index (Phi) is 3.19. The van der Waals surface area contributed by atoms with Crippen LogP contribution in [0.2, 0.25) is 0 Å². The maximum atomic E-state index is 12.3. The third-order valence-corrected chi connectivity index (χ3v) is 3.90. The average Bonchev–Trinajstić information content (AvgIpc) is 2.78. The van der Waals surface area contributed by atoms with Crippen LogP contribution in [0.1, 0.15) is 25.8 Å². The lowest BCUT2D eigenvalue weighted by atomic mass is 9.94. The topological polar surface area (TPSA) is 49.4 Å². The zero-order valence-corrected chi connectivity index (χ0v) is 10.8. The first-order chi connectivity index (χ1) is 8.05. The molecule has 2 rings (SSSR count). The highest BCUT2D eigenvalue weighted by Crippen LogP contribution is 2.20. The predicted octanol–water partition coefficient (Wildman–Crippen LogP) is 1.38. The molecule has 0 saturated carbocycles. The van der Waals surface area contributed by atoms with Gasteiger partial charge in [0, 0.05) is 6.54 Å². The van der Waals surface area contributed by atoms with Crippen LogP contribution in [0.25, 0.3) is 0 Å². The minimum Gasteiger partial charge on any atom is -0.340 e. The number of hydrogen-bond acceptors (Lipinski definition) is 3. The number of carbonyl (C=O) groups is 2. The molecule has 5 heteroatoms. The van der Waals surface area contributed by atoms with Gasteiger partial charge >= 0.3 is 0 Å². The molecule has 1 aliphatic rings. The lowest BCUT2D eigenvalue weighted by molar-refractivity contribution is -0.149. The zero-order valence-electron chi connectivity index (χ0n) is 10.0. The fraction of sp³-hybridized carbons (Fsp3) is 0.500. The summed E-state index contributed by atoms with van der Waals surface area (Å²) in [5.74, 6) is -0.0741. The van der Waals surface area contributed by atoms with Gasteiger partial charge in [-0.05, 0) is 35.7 Å². The second kappa shape index (κ2) is 4.49. The van der Waals surface area contributed by atoms with Crippen molar-refractivity contribution in [1.82, 2.24) is 10.2 Å². The van der Waals surface area contributed by atoms with Gasteiger partial charge in [-0.25, -0.2) is 0 Å². The van der Waals surface area contributed by atoms with Gasteiger partial charge in [0.25, 0.3) is 0 Å². The Morgan fingerprint density at radius 3 is 2.88 bits per heavy atom.